The first-order valence-electron chi connectivity index (χ1n) is 7.72. The van der Waals surface area contributed by atoms with Crippen LogP contribution in [-0.2, 0) is 9.53 Å². The molecule has 5 nitrogen and oxygen atoms in total. The van der Waals surface area contributed by atoms with Crippen LogP contribution in [0.1, 0.15) is 36.2 Å². The fourth-order valence-electron chi connectivity index (χ4n) is 2.22. The number of aliphatic carboxylic acids is 1. The lowest BCUT2D eigenvalue weighted by molar-refractivity contribution is -0.141. The quantitative estimate of drug-likeness (QED) is 0.661. The second kappa shape index (κ2) is 9.67. The van der Waals surface area contributed by atoms with E-state index < -0.39 is 11.9 Å². The monoisotopic (exact) mass is 385 g/mol. The number of rotatable bonds is 9. The van der Waals surface area contributed by atoms with Crippen LogP contribution in [0.4, 0.5) is 0 Å². The zero-order valence-electron chi connectivity index (χ0n) is 13.8. The molecule has 0 saturated heterocycles. The third-order valence-electron chi connectivity index (χ3n) is 3.54. The van der Waals surface area contributed by atoms with E-state index in [9.17, 15) is 9.59 Å². The molecule has 0 aliphatic carbocycles. The summed E-state index contributed by atoms with van der Waals surface area (Å²) in [6.07, 6.45) is 0.682. The smallest absolute Gasteiger partial charge is 0.308 e. The lowest BCUT2D eigenvalue weighted by atomic mass is 10.1. The number of aryl methyl sites for hydroxylation is 1. The first-order valence-corrected chi connectivity index (χ1v) is 8.52. The van der Waals surface area contributed by atoms with Gasteiger partial charge >= 0.3 is 5.97 Å². The Morgan fingerprint density at radius 2 is 2.09 bits per heavy atom. The maximum absolute atomic E-state index is 12.8. The number of halogens is 1. The van der Waals surface area contributed by atoms with E-state index in [0.717, 1.165) is 10.0 Å². The molecule has 0 fully saturated rings. The molecule has 1 aromatic rings. The largest absolute Gasteiger partial charge is 0.481 e. The van der Waals surface area contributed by atoms with Gasteiger partial charge in [0.05, 0.1) is 5.92 Å². The van der Waals surface area contributed by atoms with Crippen LogP contribution in [0.15, 0.2) is 22.7 Å². The summed E-state index contributed by atoms with van der Waals surface area (Å²) in [4.78, 5) is 25.5. The Balaban J connectivity index is 2.87. The molecule has 0 bridgehead atoms. The van der Waals surface area contributed by atoms with Gasteiger partial charge in [0.15, 0.2) is 0 Å². The van der Waals surface area contributed by atoms with Crippen LogP contribution >= 0.6 is 15.9 Å². The lowest BCUT2D eigenvalue weighted by Crippen LogP contribution is -2.38. The summed E-state index contributed by atoms with van der Waals surface area (Å²) in [5.41, 5.74) is 1.46. The summed E-state index contributed by atoms with van der Waals surface area (Å²) in [6.45, 7) is 7.26. The van der Waals surface area contributed by atoms with Gasteiger partial charge in [-0.1, -0.05) is 22.9 Å². The van der Waals surface area contributed by atoms with E-state index >= 15 is 0 Å². The Kier molecular flexibility index (Phi) is 8.26. The van der Waals surface area contributed by atoms with Gasteiger partial charge < -0.3 is 14.7 Å². The Labute approximate surface area is 145 Å². The maximum Gasteiger partial charge on any atom is 0.308 e. The second-order valence-electron chi connectivity index (χ2n) is 5.50. The number of amides is 1. The van der Waals surface area contributed by atoms with Gasteiger partial charge in [-0.2, -0.15) is 0 Å². The molecule has 1 atom stereocenters. The second-order valence-corrected chi connectivity index (χ2v) is 6.42. The SMILES string of the molecule is CCOCCCN(CC(C)C(=O)O)C(=O)c1ccc(Br)cc1C. The first kappa shape index (κ1) is 19.6. The average Bonchev–Trinajstić information content (AvgIpc) is 2.49. The van der Waals surface area contributed by atoms with Crippen LogP contribution in [-0.4, -0.2) is 48.2 Å². The molecule has 0 radical (unpaired) electrons. The topological polar surface area (TPSA) is 66.8 Å². The van der Waals surface area contributed by atoms with Gasteiger partial charge in [0.1, 0.15) is 0 Å². The maximum atomic E-state index is 12.8. The van der Waals surface area contributed by atoms with Crippen molar-refractivity contribution in [1.29, 1.82) is 0 Å². The molecule has 0 aliphatic rings. The van der Waals surface area contributed by atoms with Crippen molar-refractivity contribution in [2.75, 3.05) is 26.3 Å². The Bertz CT molecular complexity index is 547. The number of benzene rings is 1. The van der Waals surface area contributed by atoms with Gasteiger partial charge in [-0.25, -0.2) is 0 Å². The van der Waals surface area contributed by atoms with E-state index in [1.54, 1.807) is 17.9 Å². The van der Waals surface area contributed by atoms with Crippen molar-refractivity contribution in [3.63, 3.8) is 0 Å². The van der Waals surface area contributed by atoms with Crippen LogP contribution in [0.2, 0.25) is 0 Å². The summed E-state index contributed by atoms with van der Waals surface area (Å²) < 4.78 is 6.21. The minimum atomic E-state index is -0.903. The fraction of sp³-hybridized carbons (Fsp3) is 0.529. The summed E-state index contributed by atoms with van der Waals surface area (Å²) >= 11 is 3.38. The summed E-state index contributed by atoms with van der Waals surface area (Å²) in [6, 6.07) is 5.47. The highest BCUT2D eigenvalue weighted by Gasteiger charge is 2.22. The van der Waals surface area contributed by atoms with E-state index in [1.165, 1.54) is 0 Å². The van der Waals surface area contributed by atoms with Gasteiger partial charge in [-0.3, -0.25) is 9.59 Å². The molecule has 1 aromatic carbocycles. The molecule has 0 saturated carbocycles. The first-order chi connectivity index (χ1) is 10.9. The van der Waals surface area contributed by atoms with E-state index in [1.807, 2.05) is 26.0 Å². The van der Waals surface area contributed by atoms with Crippen molar-refractivity contribution < 1.29 is 19.4 Å². The third kappa shape index (κ3) is 6.31. The Morgan fingerprint density at radius 1 is 1.39 bits per heavy atom. The summed E-state index contributed by atoms with van der Waals surface area (Å²) in [5.74, 6) is -1.65. The number of ether oxygens (including phenoxy) is 1. The predicted molar refractivity (Wildman–Crippen MR) is 92.7 cm³/mol. The van der Waals surface area contributed by atoms with Crippen LogP contribution in [0, 0.1) is 12.8 Å². The minimum Gasteiger partial charge on any atom is -0.481 e. The minimum absolute atomic E-state index is 0.139. The van der Waals surface area contributed by atoms with Crippen molar-refractivity contribution >= 4 is 27.8 Å². The molecule has 0 heterocycles. The number of carboxylic acids is 1. The highest BCUT2D eigenvalue weighted by Crippen LogP contribution is 2.18. The summed E-state index contributed by atoms with van der Waals surface area (Å²) in [5, 5.41) is 9.12. The molecule has 0 aromatic heterocycles. The molecular formula is C17H24BrNO4. The van der Waals surface area contributed by atoms with Gasteiger partial charge in [0.2, 0.25) is 0 Å². The zero-order chi connectivity index (χ0) is 17.4. The molecule has 1 N–H and O–H groups in total. The van der Waals surface area contributed by atoms with Crippen LogP contribution in [0.3, 0.4) is 0 Å². The Morgan fingerprint density at radius 3 is 2.65 bits per heavy atom. The van der Waals surface area contributed by atoms with E-state index in [0.29, 0.717) is 31.7 Å². The highest BCUT2D eigenvalue weighted by atomic mass is 79.9. The van der Waals surface area contributed by atoms with Gasteiger partial charge in [0, 0.05) is 36.3 Å². The number of nitrogens with zero attached hydrogens (tertiary/aromatic N) is 1. The number of carbonyl (C=O) groups excluding carboxylic acids is 1. The van der Waals surface area contributed by atoms with Crippen molar-refractivity contribution in [2.45, 2.75) is 27.2 Å². The normalized spacial score (nSPS) is 12.0. The molecule has 1 unspecified atom stereocenters. The van der Waals surface area contributed by atoms with Gasteiger partial charge in [-0.05, 0) is 44.0 Å². The van der Waals surface area contributed by atoms with E-state index in [4.69, 9.17) is 9.84 Å². The lowest BCUT2D eigenvalue weighted by Gasteiger charge is -2.25. The number of hydrogen-bond donors (Lipinski definition) is 1. The van der Waals surface area contributed by atoms with Crippen LogP contribution < -0.4 is 0 Å². The van der Waals surface area contributed by atoms with E-state index in [-0.39, 0.29) is 12.5 Å². The predicted octanol–water partition coefficient (Wildman–Crippen LogP) is 3.35. The molecular weight excluding hydrogens is 362 g/mol. The molecule has 0 aliphatic heterocycles. The Hall–Kier alpha value is -1.40. The van der Waals surface area contributed by atoms with Crippen LogP contribution in [0.25, 0.3) is 0 Å². The molecule has 23 heavy (non-hydrogen) atoms. The number of hydrogen-bond acceptors (Lipinski definition) is 3. The highest BCUT2D eigenvalue weighted by molar-refractivity contribution is 9.10. The van der Waals surface area contributed by atoms with Crippen LogP contribution in [0.5, 0.6) is 0 Å². The third-order valence-corrected chi connectivity index (χ3v) is 4.04. The molecule has 1 amide bonds. The number of carbonyl (C=O) groups is 2. The van der Waals surface area contributed by atoms with Gasteiger partial charge in [0.25, 0.3) is 5.91 Å². The summed E-state index contributed by atoms with van der Waals surface area (Å²) in [7, 11) is 0. The zero-order valence-corrected chi connectivity index (χ0v) is 15.4. The van der Waals surface area contributed by atoms with Crippen molar-refractivity contribution in [3.05, 3.63) is 33.8 Å². The standard InChI is InChI=1S/C17H24BrNO4/c1-4-23-9-5-8-19(11-13(3)17(21)22)16(20)15-7-6-14(18)10-12(15)2/h6-7,10,13H,4-5,8-9,11H2,1-3H3,(H,21,22). The average molecular weight is 386 g/mol. The molecule has 1 rings (SSSR count). The molecule has 0 spiro atoms. The van der Waals surface area contributed by atoms with Gasteiger partial charge in [-0.15, -0.1) is 0 Å². The van der Waals surface area contributed by atoms with E-state index in [2.05, 4.69) is 15.9 Å². The number of carboxylic acid groups (broad SMARTS) is 1. The molecule has 6 heteroatoms. The fourth-order valence-corrected chi connectivity index (χ4v) is 2.70. The van der Waals surface area contributed by atoms with Crippen molar-refractivity contribution in [3.8, 4) is 0 Å². The molecule has 128 valence electrons. The van der Waals surface area contributed by atoms with Crippen molar-refractivity contribution in [1.82, 2.24) is 4.90 Å². The van der Waals surface area contributed by atoms with Crippen molar-refractivity contribution in [2.24, 2.45) is 5.92 Å².